The van der Waals surface area contributed by atoms with Gasteiger partial charge in [0, 0.05) is 6.54 Å². The minimum atomic E-state index is -0.585. The Morgan fingerprint density at radius 1 is 1.25 bits per heavy atom. The summed E-state index contributed by atoms with van der Waals surface area (Å²) in [5.41, 5.74) is 0.764. The zero-order chi connectivity index (χ0) is 14.5. The lowest BCUT2D eigenvalue weighted by atomic mass is 10.1. The summed E-state index contributed by atoms with van der Waals surface area (Å²) in [7, 11) is 0. The summed E-state index contributed by atoms with van der Waals surface area (Å²) < 4.78 is 13.1. The van der Waals surface area contributed by atoms with Gasteiger partial charge in [-0.15, -0.1) is 11.6 Å². The van der Waals surface area contributed by atoms with Gasteiger partial charge in [0.1, 0.15) is 11.6 Å². The van der Waals surface area contributed by atoms with Gasteiger partial charge in [0.25, 0.3) is 5.91 Å². The lowest BCUT2D eigenvalue weighted by molar-refractivity contribution is 0.0950. The molecule has 0 fully saturated rings. The van der Waals surface area contributed by atoms with E-state index < -0.39 is 17.1 Å². The number of nitrogens with one attached hydrogen (secondary N) is 1. The van der Waals surface area contributed by atoms with Crippen LogP contribution in [0.25, 0.3) is 0 Å². The number of hydrogen-bond acceptors (Lipinski definition) is 2. The van der Waals surface area contributed by atoms with Gasteiger partial charge >= 0.3 is 0 Å². The van der Waals surface area contributed by atoms with Crippen LogP contribution in [0.2, 0.25) is 0 Å². The number of phenolic OH excluding ortho intramolecular Hbond substituents is 1. The maximum absolute atomic E-state index is 13.1. The van der Waals surface area contributed by atoms with E-state index in [-0.39, 0.29) is 17.9 Å². The maximum Gasteiger partial charge on any atom is 0.255 e. The van der Waals surface area contributed by atoms with Crippen molar-refractivity contribution in [3.05, 3.63) is 65.5 Å². The Morgan fingerprint density at radius 3 is 2.65 bits per heavy atom. The highest BCUT2D eigenvalue weighted by Crippen LogP contribution is 2.20. The number of benzene rings is 2. The van der Waals surface area contributed by atoms with E-state index >= 15 is 0 Å². The van der Waals surface area contributed by atoms with Crippen LogP contribution in [0, 0.1) is 5.82 Å². The summed E-state index contributed by atoms with van der Waals surface area (Å²) >= 11 is 6.16. The van der Waals surface area contributed by atoms with Crippen LogP contribution in [0.4, 0.5) is 4.39 Å². The van der Waals surface area contributed by atoms with E-state index in [0.29, 0.717) is 0 Å². The van der Waals surface area contributed by atoms with Gasteiger partial charge in [0.15, 0.2) is 0 Å². The third-order valence-electron chi connectivity index (χ3n) is 2.81. The van der Waals surface area contributed by atoms with Crippen molar-refractivity contribution >= 4 is 17.5 Å². The Hall–Kier alpha value is -2.07. The van der Waals surface area contributed by atoms with Crippen molar-refractivity contribution in [3.8, 4) is 5.75 Å². The number of aromatic hydroxyl groups is 1. The molecule has 1 unspecified atom stereocenters. The Balaban J connectivity index is 2.00. The topological polar surface area (TPSA) is 49.3 Å². The molecule has 0 aliphatic rings. The van der Waals surface area contributed by atoms with Crippen LogP contribution in [0.15, 0.2) is 48.5 Å². The second kappa shape index (κ2) is 6.39. The quantitative estimate of drug-likeness (QED) is 0.850. The second-order valence-electron chi connectivity index (χ2n) is 4.25. The van der Waals surface area contributed by atoms with Crippen LogP contribution < -0.4 is 5.32 Å². The van der Waals surface area contributed by atoms with Crippen LogP contribution in [-0.4, -0.2) is 17.6 Å². The van der Waals surface area contributed by atoms with Crippen LogP contribution in [0.3, 0.4) is 0 Å². The van der Waals surface area contributed by atoms with E-state index in [9.17, 15) is 14.3 Å². The Kier molecular flexibility index (Phi) is 4.58. The first kappa shape index (κ1) is 14.3. The van der Waals surface area contributed by atoms with Gasteiger partial charge in [0.05, 0.1) is 10.9 Å². The molecule has 2 aromatic carbocycles. The fraction of sp³-hybridized carbons (Fsp3) is 0.133. The van der Waals surface area contributed by atoms with Crippen molar-refractivity contribution < 1.29 is 14.3 Å². The molecule has 3 nitrogen and oxygen atoms in total. The first-order valence-corrected chi connectivity index (χ1v) is 6.47. The fourth-order valence-corrected chi connectivity index (χ4v) is 1.97. The predicted octanol–water partition coefficient (Wildman–Crippen LogP) is 3.24. The summed E-state index contributed by atoms with van der Waals surface area (Å²) in [4.78, 5) is 11.9. The van der Waals surface area contributed by atoms with E-state index in [1.807, 2.05) is 30.3 Å². The molecular weight excluding hydrogens is 281 g/mol. The van der Waals surface area contributed by atoms with Gasteiger partial charge in [-0.2, -0.15) is 0 Å². The number of phenols is 1. The molecular formula is C15H13ClFNO2. The lowest BCUT2D eigenvalue weighted by Gasteiger charge is -2.12. The number of amides is 1. The third kappa shape index (κ3) is 3.48. The first-order chi connectivity index (χ1) is 9.58. The molecule has 0 saturated heterocycles. The highest BCUT2D eigenvalue weighted by atomic mass is 35.5. The van der Waals surface area contributed by atoms with Crippen LogP contribution in [-0.2, 0) is 0 Å². The second-order valence-corrected chi connectivity index (χ2v) is 4.78. The first-order valence-electron chi connectivity index (χ1n) is 6.03. The molecule has 0 heterocycles. The molecule has 0 aliphatic heterocycles. The van der Waals surface area contributed by atoms with Crippen molar-refractivity contribution in [2.75, 3.05) is 6.54 Å². The standard InChI is InChI=1S/C15H13ClFNO2/c16-13(10-4-2-1-3-5-10)9-18-15(20)12-8-11(17)6-7-14(12)19/h1-8,13,19H,9H2,(H,18,20). The highest BCUT2D eigenvalue weighted by Gasteiger charge is 2.14. The smallest absolute Gasteiger partial charge is 0.255 e. The fourth-order valence-electron chi connectivity index (χ4n) is 1.75. The minimum Gasteiger partial charge on any atom is -0.507 e. The predicted molar refractivity (Wildman–Crippen MR) is 75.4 cm³/mol. The maximum atomic E-state index is 13.1. The number of carbonyl (C=O) groups excluding carboxylic acids is 1. The molecule has 2 rings (SSSR count). The molecule has 0 bridgehead atoms. The van der Waals surface area contributed by atoms with Gasteiger partial charge < -0.3 is 10.4 Å². The summed E-state index contributed by atoms with van der Waals surface area (Å²) in [6, 6.07) is 12.5. The van der Waals surface area contributed by atoms with Crippen molar-refractivity contribution in [1.82, 2.24) is 5.32 Å². The lowest BCUT2D eigenvalue weighted by Crippen LogP contribution is -2.27. The highest BCUT2D eigenvalue weighted by molar-refractivity contribution is 6.21. The third-order valence-corrected chi connectivity index (χ3v) is 3.21. The summed E-state index contributed by atoms with van der Waals surface area (Å²) in [5, 5.41) is 11.7. The molecule has 1 amide bonds. The van der Waals surface area contributed by atoms with Crippen molar-refractivity contribution in [2.45, 2.75) is 5.38 Å². The summed E-state index contributed by atoms with van der Waals surface area (Å²) in [6.45, 7) is 0.181. The summed E-state index contributed by atoms with van der Waals surface area (Å²) in [6.07, 6.45) is 0. The molecule has 0 radical (unpaired) electrons. The molecule has 0 aliphatic carbocycles. The molecule has 104 valence electrons. The molecule has 5 heteroatoms. The molecule has 2 aromatic rings. The number of rotatable bonds is 4. The molecule has 0 aromatic heterocycles. The van der Waals surface area contributed by atoms with Gasteiger partial charge in [-0.3, -0.25) is 4.79 Å². The molecule has 0 spiro atoms. The molecule has 20 heavy (non-hydrogen) atoms. The minimum absolute atomic E-state index is 0.109. The van der Waals surface area contributed by atoms with Crippen molar-refractivity contribution in [2.24, 2.45) is 0 Å². The average molecular weight is 294 g/mol. The zero-order valence-electron chi connectivity index (χ0n) is 10.5. The Morgan fingerprint density at radius 2 is 1.95 bits per heavy atom. The van der Waals surface area contributed by atoms with Crippen molar-refractivity contribution in [3.63, 3.8) is 0 Å². The molecule has 0 saturated carbocycles. The van der Waals surface area contributed by atoms with E-state index in [0.717, 1.165) is 23.8 Å². The van der Waals surface area contributed by atoms with Gasteiger partial charge in [-0.05, 0) is 23.8 Å². The number of alkyl halides is 1. The number of hydrogen-bond donors (Lipinski definition) is 2. The Bertz CT molecular complexity index is 604. The molecule has 2 N–H and O–H groups in total. The number of halogens is 2. The normalized spacial score (nSPS) is 11.9. The SMILES string of the molecule is O=C(NCC(Cl)c1ccccc1)c1cc(F)ccc1O. The average Bonchev–Trinajstić information content (AvgIpc) is 2.47. The van der Waals surface area contributed by atoms with E-state index in [1.165, 1.54) is 0 Å². The van der Waals surface area contributed by atoms with Gasteiger partial charge in [-0.1, -0.05) is 30.3 Å². The van der Waals surface area contributed by atoms with E-state index in [2.05, 4.69) is 5.32 Å². The summed E-state index contributed by atoms with van der Waals surface area (Å²) in [5.74, 6) is -1.42. The van der Waals surface area contributed by atoms with E-state index in [4.69, 9.17) is 11.6 Å². The Labute approximate surface area is 121 Å². The van der Waals surface area contributed by atoms with Crippen molar-refractivity contribution in [1.29, 1.82) is 0 Å². The number of carbonyl (C=O) groups is 1. The van der Waals surface area contributed by atoms with Gasteiger partial charge in [0.2, 0.25) is 0 Å². The van der Waals surface area contributed by atoms with Crippen LogP contribution in [0.5, 0.6) is 5.75 Å². The monoisotopic (exact) mass is 293 g/mol. The zero-order valence-corrected chi connectivity index (χ0v) is 11.3. The van der Waals surface area contributed by atoms with Crippen LogP contribution in [0.1, 0.15) is 21.3 Å². The van der Waals surface area contributed by atoms with Crippen LogP contribution >= 0.6 is 11.6 Å². The van der Waals surface area contributed by atoms with E-state index in [1.54, 1.807) is 0 Å². The largest absolute Gasteiger partial charge is 0.507 e. The van der Waals surface area contributed by atoms with Gasteiger partial charge in [-0.25, -0.2) is 4.39 Å². The molecule has 1 atom stereocenters.